The largest absolute Gasteiger partial charge is 0.497 e. The Labute approximate surface area is 93.4 Å². The summed E-state index contributed by atoms with van der Waals surface area (Å²) in [5.41, 5.74) is 1.65. The first-order valence-electron chi connectivity index (χ1n) is 5.09. The number of benzene rings is 1. The van der Waals surface area contributed by atoms with Crippen LogP contribution in [0, 0.1) is 0 Å². The number of amides is 1. The topological polar surface area (TPSA) is 70.6 Å². The molecule has 3 N–H and O–H groups in total. The Hall–Kier alpha value is -1.59. The van der Waals surface area contributed by atoms with E-state index in [4.69, 9.17) is 9.84 Å². The van der Waals surface area contributed by atoms with E-state index < -0.39 is 0 Å². The molecule has 0 spiro atoms. The normalized spacial score (nSPS) is 18.1. The molecule has 5 heteroatoms. The maximum Gasteiger partial charge on any atom is 0.246 e. The summed E-state index contributed by atoms with van der Waals surface area (Å²) in [6, 6.07) is 5.06. The van der Waals surface area contributed by atoms with Gasteiger partial charge in [-0.25, -0.2) is 0 Å². The fourth-order valence-electron chi connectivity index (χ4n) is 1.78. The number of carbonyl (C=O) groups is 1. The molecule has 0 saturated carbocycles. The number of methoxy groups -OCH3 is 1. The van der Waals surface area contributed by atoms with Gasteiger partial charge in [0, 0.05) is 23.9 Å². The number of hydrogen-bond acceptors (Lipinski definition) is 4. The zero-order chi connectivity index (χ0) is 11.5. The Morgan fingerprint density at radius 1 is 1.56 bits per heavy atom. The summed E-state index contributed by atoms with van der Waals surface area (Å²) in [6.07, 6.45) is 0. The van der Waals surface area contributed by atoms with Crippen molar-refractivity contribution in [2.75, 3.05) is 25.6 Å². The average molecular weight is 222 g/mol. The molecule has 1 amide bonds. The molecular formula is C11H14N2O3. The summed E-state index contributed by atoms with van der Waals surface area (Å²) in [5, 5.41) is 14.5. The molecule has 1 atom stereocenters. The van der Waals surface area contributed by atoms with Crippen molar-refractivity contribution in [1.82, 2.24) is 5.32 Å². The van der Waals surface area contributed by atoms with E-state index in [0.29, 0.717) is 12.3 Å². The van der Waals surface area contributed by atoms with Gasteiger partial charge < -0.3 is 15.2 Å². The zero-order valence-corrected chi connectivity index (χ0v) is 8.99. The highest BCUT2D eigenvalue weighted by molar-refractivity contribution is 6.02. The van der Waals surface area contributed by atoms with E-state index >= 15 is 0 Å². The third-order valence-electron chi connectivity index (χ3n) is 2.55. The predicted octanol–water partition coefficient (Wildman–Crippen LogP) is 0.270. The van der Waals surface area contributed by atoms with Gasteiger partial charge in [0.15, 0.2) is 0 Å². The number of nitrogens with one attached hydrogen (secondary N) is 2. The van der Waals surface area contributed by atoms with Crippen molar-refractivity contribution in [3.05, 3.63) is 23.8 Å². The predicted molar refractivity (Wildman–Crippen MR) is 59.5 cm³/mol. The van der Waals surface area contributed by atoms with Gasteiger partial charge in [0.1, 0.15) is 11.8 Å². The number of carbonyl (C=O) groups excluding carboxylic acids is 1. The molecule has 16 heavy (non-hydrogen) atoms. The van der Waals surface area contributed by atoms with Crippen LogP contribution in [0.15, 0.2) is 18.2 Å². The highest BCUT2D eigenvalue weighted by Crippen LogP contribution is 2.33. The molecule has 0 saturated heterocycles. The molecule has 0 aliphatic carbocycles. The van der Waals surface area contributed by atoms with Crippen LogP contribution >= 0.6 is 0 Å². The lowest BCUT2D eigenvalue weighted by Gasteiger charge is -2.10. The zero-order valence-electron chi connectivity index (χ0n) is 8.99. The van der Waals surface area contributed by atoms with E-state index in [1.165, 1.54) is 0 Å². The summed E-state index contributed by atoms with van der Waals surface area (Å²) in [5.74, 6) is 0.610. The van der Waals surface area contributed by atoms with Crippen LogP contribution in [0.3, 0.4) is 0 Å². The first-order valence-corrected chi connectivity index (χ1v) is 5.09. The van der Waals surface area contributed by atoms with E-state index in [1.807, 2.05) is 12.1 Å². The van der Waals surface area contributed by atoms with Crippen LogP contribution in [0.4, 0.5) is 5.69 Å². The number of fused-ring (bicyclic) bond motifs is 1. The molecule has 0 bridgehead atoms. The van der Waals surface area contributed by atoms with Crippen LogP contribution < -0.4 is 15.4 Å². The minimum absolute atomic E-state index is 0.00919. The van der Waals surface area contributed by atoms with E-state index in [9.17, 15) is 4.79 Å². The Morgan fingerprint density at radius 2 is 2.38 bits per heavy atom. The molecule has 86 valence electrons. The Kier molecular flexibility index (Phi) is 3.07. The van der Waals surface area contributed by atoms with Crippen molar-refractivity contribution in [2.45, 2.75) is 6.04 Å². The monoisotopic (exact) mass is 222 g/mol. The van der Waals surface area contributed by atoms with Crippen LogP contribution in [-0.2, 0) is 4.79 Å². The van der Waals surface area contributed by atoms with Crippen LogP contribution in [0.2, 0.25) is 0 Å². The molecule has 1 unspecified atom stereocenters. The molecule has 1 aromatic carbocycles. The first kappa shape index (κ1) is 10.9. The fourth-order valence-corrected chi connectivity index (χ4v) is 1.78. The quantitative estimate of drug-likeness (QED) is 0.684. The SMILES string of the molecule is COc1ccc2c(c1)NC(=O)C2NCCO. The molecule has 0 radical (unpaired) electrons. The number of aliphatic hydroxyl groups is 1. The number of ether oxygens (including phenoxy) is 1. The van der Waals surface area contributed by atoms with Crippen molar-refractivity contribution in [3.63, 3.8) is 0 Å². The third-order valence-corrected chi connectivity index (χ3v) is 2.55. The van der Waals surface area contributed by atoms with E-state index in [1.54, 1.807) is 13.2 Å². The molecular weight excluding hydrogens is 208 g/mol. The molecule has 1 heterocycles. The molecule has 2 rings (SSSR count). The lowest BCUT2D eigenvalue weighted by molar-refractivity contribution is -0.117. The lowest BCUT2D eigenvalue weighted by Crippen LogP contribution is -2.29. The van der Waals surface area contributed by atoms with Gasteiger partial charge >= 0.3 is 0 Å². The highest BCUT2D eigenvalue weighted by Gasteiger charge is 2.29. The second kappa shape index (κ2) is 4.51. The lowest BCUT2D eigenvalue weighted by atomic mass is 10.1. The number of anilines is 1. The standard InChI is InChI=1S/C11H14N2O3/c1-16-7-2-3-8-9(6-7)13-11(15)10(8)12-4-5-14/h2-3,6,10,12,14H,4-5H2,1H3,(H,13,15). The van der Waals surface area contributed by atoms with Crippen molar-refractivity contribution < 1.29 is 14.6 Å². The van der Waals surface area contributed by atoms with Gasteiger partial charge in [-0.05, 0) is 6.07 Å². The molecule has 1 aromatic rings. The summed E-state index contributed by atoms with van der Waals surface area (Å²) < 4.78 is 5.08. The van der Waals surface area contributed by atoms with Crippen LogP contribution in [0.5, 0.6) is 5.75 Å². The van der Waals surface area contributed by atoms with E-state index in [-0.39, 0.29) is 18.6 Å². The minimum atomic E-state index is -0.381. The van der Waals surface area contributed by atoms with Gasteiger partial charge in [0.05, 0.1) is 13.7 Å². The van der Waals surface area contributed by atoms with Crippen LogP contribution in [-0.4, -0.2) is 31.3 Å². The maximum atomic E-state index is 11.6. The molecule has 1 aliphatic rings. The van der Waals surface area contributed by atoms with Gasteiger partial charge in [-0.15, -0.1) is 0 Å². The number of rotatable bonds is 4. The van der Waals surface area contributed by atoms with Gasteiger partial charge in [0.2, 0.25) is 5.91 Å². The second-order valence-electron chi connectivity index (χ2n) is 3.55. The van der Waals surface area contributed by atoms with Gasteiger partial charge in [-0.1, -0.05) is 6.07 Å². The number of hydrogen-bond donors (Lipinski definition) is 3. The first-order chi connectivity index (χ1) is 7.76. The third kappa shape index (κ3) is 1.87. The van der Waals surface area contributed by atoms with Gasteiger partial charge in [-0.2, -0.15) is 0 Å². The van der Waals surface area contributed by atoms with E-state index in [0.717, 1.165) is 11.3 Å². The molecule has 1 aliphatic heterocycles. The maximum absolute atomic E-state index is 11.6. The van der Waals surface area contributed by atoms with E-state index in [2.05, 4.69) is 10.6 Å². The Bertz CT molecular complexity index is 406. The van der Waals surface area contributed by atoms with Gasteiger partial charge in [-0.3, -0.25) is 10.1 Å². The van der Waals surface area contributed by atoms with Crippen LogP contribution in [0.25, 0.3) is 0 Å². The summed E-state index contributed by atoms with van der Waals surface area (Å²) in [7, 11) is 1.58. The highest BCUT2D eigenvalue weighted by atomic mass is 16.5. The Morgan fingerprint density at radius 3 is 3.06 bits per heavy atom. The summed E-state index contributed by atoms with van der Waals surface area (Å²) in [6.45, 7) is 0.402. The molecule has 5 nitrogen and oxygen atoms in total. The molecule has 0 aromatic heterocycles. The van der Waals surface area contributed by atoms with Crippen molar-refractivity contribution in [3.8, 4) is 5.75 Å². The number of aliphatic hydroxyl groups excluding tert-OH is 1. The van der Waals surface area contributed by atoms with Crippen molar-refractivity contribution in [2.24, 2.45) is 0 Å². The van der Waals surface area contributed by atoms with Crippen LogP contribution in [0.1, 0.15) is 11.6 Å². The second-order valence-corrected chi connectivity index (χ2v) is 3.55. The van der Waals surface area contributed by atoms with Gasteiger partial charge in [0.25, 0.3) is 0 Å². The van der Waals surface area contributed by atoms with Crippen molar-refractivity contribution >= 4 is 11.6 Å². The Balaban J connectivity index is 2.24. The summed E-state index contributed by atoms with van der Waals surface area (Å²) in [4.78, 5) is 11.6. The van der Waals surface area contributed by atoms with Crippen molar-refractivity contribution in [1.29, 1.82) is 0 Å². The molecule has 0 fully saturated rings. The summed E-state index contributed by atoms with van der Waals surface area (Å²) >= 11 is 0. The minimum Gasteiger partial charge on any atom is -0.497 e. The average Bonchev–Trinajstić information content (AvgIpc) is 2.61. The smallest absolute Gasteiger partial charge is 0.246 e. The fraction of sp³-hybridized carbons (Fsp3) is 0.364.